The van der Waals surface area contributed by atoms with E-state index in [4.69, 9.17) is 46.5 Å². The summed E-state index contributed by atoms with van der Waals surface area (Å²) in [5, 5.41) is 0. The molecule has 10 aromatic rings. The van der Waals surface area contributed by atoms with Gasteiger partial charge in [0.25, 0.3) is 0 Å². The molecule has 15 bridgehead atoms. The van der Waals surface area contributed by atoms with Crippen LogP contribution < -0.4 is 96.2 Å². The van der Waals surface area contributed by atoms with Crippen LogP contribution in [0, 0.1) is 0 Å². The van der Waals surface area contributed by atoms with Crippen LogP contribution in [-0.2, 0) is 0 Å². The van der Waals surface area contributed by atoms with Gasteiger partial charge in [-0.1, -0.05) is 121 Å². The van der Waals surface area contributed by atoms with Gasteiger partial charge in [0, 0.05) is 58.1 Å². The Bertz CT molecular complexity index is 3960. The van der Waals surface area contributed by atoms with E-state index in [9.17, 15) is 24.0 Å². The second kappa shape index (κ2) is 18.0. The van der Waals surface area contributed by atoms with E-state index < -0.39 is 33.4 Å². The van der Waals surface area contributed by atoms with E-state index in [0.29, 0.717) is 83.9 Å². The quantitative estimate of drug-likeness (QED) is 0.140. The highest BCUT2D eigenvalue weighted by Gasteiger charge is 2.61. The van der Waals surface area contributed by atoms with Crippen LogP contribution in [0.3, 0.4) is 0 Å². The molecule has 0 amide bonds. The second-order valence-corrected chi connectivity index (χ2v) is 21.6. The molecular weight excluding hydrogens is 1080 g/mol. The third kappa shape index (κ3) is 7.22. The molecule has 5 atom stereocenters. The van der Waals surface area contributed by atoms with Gasteiger partial charge in [0.1, 0.15) is 91.2 Å². The van der Waals surface area contributed by atoms with Crippen molar-refractivity contribution in [1.82, 2.24) is 0 Å². The van der Waals surface area contributed by atoms with Crippen molar-refractivity contribution in [2.75, 3.05) is 0 Å². The van der Waals surface area contributed by atoms with Gasteiger partial charge in [-0.15, -0.1) is 0 Å². The fraction of sp³-hybridized carbons (Fsp3) is 0. The highest BCUT2D eigenvalue weighted by atomic mass is 16.7. The molecule has 0 radical (unpaired) electrons. The Morgan fingerprint density at radius 1 is 0.235 bits per heavy atom. The van der Waals surface area contributed by atoms with Gasteiger partial charge in [-0.25, -0.2) is 0 Å². The van der Waals surface area contributed by atoms with Crippen molar-refractivity contribution in [2.24, 2.45) is 0 Å². The minimum Gasteiger partial charge on any atom is -0.616 e. The van der Waals surface area contributed by atoms with Crippen molar-refractivity contribution in [1.29, 1.82) is 0 Å². The average Bonchev–Trinajstić information content (AvgIpc) is 1.78. The molecule has 5 unspecified atom stereocenters. The van der Waals surface area contributed by atoms with Crippen molar-refractivity contribution >= 4 is 92.2 Å². The molecular formula is C60H40B5N5O15. The lowest BCUT2D eigenvalue weighted by Crippen LogP contribution is -2.78. The Morgan fingerprint density at radius 3 is 0.588 bits per heavy atom. The molecule has 0 aliphatic carbocycles. The van der Waals surface area contributed by atoms with Gasteiger partial charge in [0.05, 0.1) is 0 Å². The largest absolute Gasteiger partial charge is 0.684 e. The number of carbonyl (C=O) groups excluding carboxylic acids is 5. The Balaban J connectivity index is 0.939. The molecule has 6 aliphatic heterocycles. The zero-order valence-electron chi connectivity index (χ0n) is 44.3. The van der Waals surface area contributed by atoms with E-state index in [1.54, 1.807) is 236 Å². The minimum absolute atomic E-state index is 0.247. The van der Waals surface area contributed by atoms with Crippen LogP contribution in [-0.4, -0.2) is 64.9 Å². The van der Waals surface area contributed by atoms with Crippen LogP contribution in [0.2, 0.25) is 0 Å². The molecule has 0 saturated carbocycles. The summed E-state index contributed by atoms with van der Waals surface area (Å²) in [5.74, 6) is 2.81. The van der Waals surface area contributed by atoms with Gasteiger partial charge < -0.3 is 68.9 Å². The molecule has 16 rings (SSSR count). The smallest absolute Gasteiger partial charge is 0.616 e. The van der Waals surface area contributed by atoms with Crippen LogP contribution in [0.5, 0.6) is 57.5 Å². The van der Waals surface area contributed by atoms with Gasteiger partial charge in [-0.3, -0.25) is 24.0 Å². The summed E-state index contributed by atoms with van der Waals surface area (Å²) in [6.07, 6.45) is 20.7. The normalized spacial score (nSPS) is 22.4. The zero-order chi connectivity index (χ0) is 57.3. The molecule has 6 aliphatic rings. The molecule has 11 heterocycles. The van der Waals surface area contributed by atoms with Crippen LogP contribution in [0.4, 0.5) is 0 Å². The van der Waals surface area contributed by atoms with E-state index in [1.807, 2.05) is 0 Å². The molecule has 0 spiro atoms. The molecule has 0 N–H and O–H groups in total. The van der Waals surface area contributed by atoms with Gasteiger partial charge >= 0.3 is 33.4 Å². The lowest BCUT2D eigenvalue weighted by molar-refractivity contribution is -0.571. The zero-order valence-corrected chi connectivity index (χ0v) is 44.3. The fourth-order valence-corrected chi connectivity index (χ4v) is 12.7. The molecule has 5 aromatic carbocycles. The van der Waals surface area contributed by atoms with Crippen molar-refractivity contribution < 1.29 is 92.9 Å². The molecule has 0 fully saturated rings. The highest BCUT2D eigenvalue weighted by Crippen LogP contribution is 2.43. The first-order chi connectivity index (χ1) is 41.6. The van der Waals surface area contributed by atoms with Crippen LogP contribution in [0.15, 0.2) is 214 Å². The Morgan fingerprint density at radius 2 is 0.412 bits per heavy atom. The number of pyridine rings is 5. The van der Waals surface area contributed by atoms with Crippen LogP contribution in [0.25, 0.3) is 0 Å². The molecule has 0 saturated heterocycles. The number of aldehydes is 5. The number of fused-ring (bicyclic) bond motifs is 15. The Kier molecular flexibility index (Phi) is 10.5. The predicted molar refractivity (Wildman–Crippen MR) is 303 cm³/mol. The van der Waals surface area contributed by atoms with E-state index >= 15 is 0 Å². The maximum Gasteiger partial charge on any atom is 0.684 e. The first kappa shape index (κ1) is 49.3. The van der Waals surface area contributed by atoms with Crippen LogP contribution >= 0.6 is 0 Å². The van der Waals surface area contributed by atoms with E-state index in [-0.39, 0.29) is 28.7 Å². The summed E-state index contributed by atoms with van der Waals surface area (Å²) in [7, 11) is 0. The standard InChI is InChI=1S/C60H40B5N5O15/c71-36-41-6-1-11-46(26-41)61-66-21-16-52-57(31-66)82-63(77-52,48-13-3-8-43(28-48)38-73)68-23-18-54-59(33-68)84-65(79-54,50-15-5-10-45(30-50)40-75)70-25-20-55-60(35-70)85-64(80-55,49-14-4-9-44(29-49)39-74)69-24-19-53-58(34-69)83-62(78-53,47-12-2-7-42(27-47)37-72)67-22-17-51(76-61)56(32-67)81-61/h1-40H. The topological polar surface area (TPSA) is 197 Å². The Hall–Kier alpha value is -11.5. The average molecular weight is 1130 g/mol. The van der Waals surface area contributed by atoms with E-state index in [2.05, 4.69) is 0 Å². The van der Waals surface area contributed by atoms with Gasteiger partial charge in [0.15, 0.2) is 59.7 Å². The van der Waals surface area contributed by atoms with Crippen LogP contribution in [0.1, 0.15) is 51.8 Å². The third-order valence-corrected chi connectivity index (χ3v) is 16.7. The number of hydrogen-bond donors (Lipinski definition) is 0. The monoisotopic (exact) mass is 1130 g/mol. The lowest BCUT2D eigenvalue weighted by atomic mass is 9.62. The minimum atomic E-state index is -2.86. The predicted octanol–water partition coefficient (Wildman–Crippen LogP) is 1.33. The molecule has 85 heavy (non-hydrogen) atoms. The Labute approximate surface area is 482 Å². The molecule has 25 heteroatoms. The van der Waals surface area contributed by atoms with Gasteiger partial charge in [0.2, 0.25) is 0 Å². The molecule has 20 nitrogen and oxygen atoms in total. The van der Waals surface area contributed by atoms with E-state index in [0.717, 1.165) is 31.4 Å². The van der Waals surface area contributed by atoms with Crippen molar-refractivity contribution in [3.05, 3.63) is 241 Å². The summed E-state index contributed by atoms with van der Waals surface area (Å²) in [6, 6.07) is 42.9. The fourth-order valence-electron chi connectivity index (χ4n) is 12.7. The number of nitrogens with zero attached hydrogens (tertiary/aromatic N) is 5. The summed E-state index contributed by atoms with van der Waals surface area (Å²) >= 11 is 0. The number of carbonyl (C=O) groups is 5. The number of rotatable bonds is 10. The maximum absolute atomic E-state index is 12.5. The first-order valence-corrected chi connectivity index (χ1v) is 27.2. The van der Waals surface area contributed by atoms with E-state index in [1.165, 1.54) is 0 Å². The summed E-state index contributed by atoms with van der Waals surface area (Å²) in [5.41, 5.74) is 4.14. The highest BCUT2D eigenvalue weighted by molar-refractivity contribution is 6.78. The van der Waals surface area contributed by atoms with Gasteiger partial charge in [-0.05, 0) is 27.3 Å². The number of benzene rings is 5. The number of hydrogen-bond acceptors (Lipinski definition) is 15. The van der Waals surface area contributed by atoms with Gasteiger partial charge in [-0.2, -0.15) is 0 Å². The second-order valence-electron chi connectivity index (χ2n) is 21.6. The van der Waals surface area contributed by atoms with Crippen molar-refractivity contribution in [2.45, 2.75) is 0 Å². The summed E-state index contributed by atoms with van der Waals surface area (Å²) < 4.78 is 79.6. The van der Waals surface area contributed by atoms with Crippen molar-refractivity contribution in [3.63, 3.8) is 0 Å². The third-order valence-electron chi connectivity index (χ3n) is 16.7. The lowest BCUT2D eigenvalue weighted by Gasteiger charge is -2.30. The summed E-state index contributed by atoms with van der Waals surface area (Å²) in [6.45, 7) is -14.3. The SMILES string of the molecule is O=Cc1cccc([B-]23Oc4cc[n+](cc4O2)[B-]2(c4cccc(C=O)c4)Oc4cc[n+](cc4O2)[B-]2(c4cccc(C=O)c4)Oc4cc[n+](cc4O2)[B-]2(c4cccc(C=O)c4)Oc4cc[n+](cc4O2)[B-]2(c4cccc(C=O)c4)Oc4cc[n+]3cc4O2)c1. The number of aromatic nitrogens is 5. The maximum atomic E-state index is 12.5. The molecule has 410 valence electrons. The first-order valence-electron chi connectivity index (χ1n) is 27.2. The summed E-state index contributed by atoms with van der Waals surface area (Å²) in [4.78, 5) is 62.4. The molecule has 5 aromatic heterocycles. The van der Waals surface area contributed by atoms with Crippen molar-refractivity contribution in [3.8, 4) is 57.5 Å².